The van der Waals surface area contributed by atoms with Crippen LogP contribution in [-0.2, 0) is 7.05 Å². The van der Waals surface area contributed by atoms with E-state index in [1.807, 2.05) is 37.4 Å². The van der Waals surface area contributed by atoms with Gasteiger partial charge in [-0.1, -0.05) is 18.2 Å². The first-order valence-corrected chi connectivity index (χ1v) is 6.42. The number of pyridine rings is 1. The zero-order valence-corrected chi connectivity index (χ0v) is 12.2. The third kappa shape index (κ3) is 4.10. The molecule has 0 radical (unpaired) electrons. The maximum atomic E-state index is 11.5. The minimum absolute atomic E-state index is 0.423. The smallest absolute Gasteiger partial charge is 0.406 e. The molecule has 0 N–H and O–H groups in total. The molecule has 6 heteroatoms. The standard InChI is InChI=1S/C15H17N4O2/c1-18(2)15(20)21-13-9-10-14(19(3)11-13)17-16-12-7-5-4-6-8-12/h4-11H,1-3H3/q+1. The van der Waals surface area contributed by atoms with Crippen LogP contribution >= 0.6 is 0 Å². The van der Waals surface area contributed by atoms with Gasteiger partial charge in [-0.05, 0) is 23.3 Å². The molecule has 0 atom stereocenters. The fourth-order valence-corrected chi connectivity index (χ4v) is 1.53. The topological polar surface area (TPSA) is 58.1 Å². The molecule has 0 spiro atoms. The summed E-state index contributed by atoms with van der Waals surface area (Å²) in [6, 6.07) is 12.9. The summed E-state index contributed by atoms with van der Waals surface area (Å²) in [5.74, 6) is 1.11. The lowest BCUT2D eigenvalue weighted by molar-refractivity contribution is -0.658. The second kappa shape index (κ2) is 6.60. The molecule has 1 aromatic heterocycles. The number of aryl methyl sites for hydroxylation is 1. The van der Waals surface area contributed by atoms with Crippen LogP contribution in [0.5, 0.6) is 5.75 Å². The van der Waals surface area contributed by atoms with E-state index in [0.717, 1.165) is 5.69 Å². The Morgan fingerprint density at radius 3 is 2.43 bits per heavy atom. The average Bonchev–Trinajstić information content (AvgIpc) is 2.47. The van der Waals surface area contributed by atoms with E-state index in [-0.39, 0.29) is 0 Å². The van der Waals surface area contributed by atoms with Gasteiger partial charge < -0.3 is 9.64 Å². The van der Waals surface area contributed by atoms with Gasteiger partial charge >= 0.3 is 11.9 Å². The summed E-state index contributed by atoms with van der Waals surface area (Å²) in [6.45, 7) is 0. The van der Waals surface area contributed by atoms with Crippen molar-refractivity contribution in [3.05, 3.63) is 48.7 Å². The lowest BCUT2D eigenvalue weighted by atomic mass is 10.3. The van der Waals surface area contributed by atoms with E-state index in [4.69, 9.17) is 4.74 Å². The molecule has 0 bridgehead atoms. The van der Waals surface area contributed by atoms with Gasteiger partial charge in [0.1, 0.15) is 11.9 Å². The van der Waals surface area contributed by atoms with E-state index in [0.29, 0.717) is 11.6 Å². The molecule has 0 aliphatic rings. The van der Waals surface area contributed by atoms with Gasteiger partial charge in [0.05, 0.1) is 12.2 Å². The highest BCUT2D eigenvalue weighted by atomic mass is 16.6. The van der Waals surface area contributed by atoms with Crippen molar-refractivity contribution < 1.29 is 14.1 Å². The van der Waals surface area contributed by atoms with Crippen LogP contribution < -0.4 is 9.30 Å². The first-order valence-electron chi connectivity index (χ1n) is 6.42. The number of carbonyl (C=O) groups is 1. The first kappa shape index (κ1) is 14.6. The van der Waals surface area contributed by atoms with Gasteiger partial charge in [0.15, 0.2) is 5.75 Å². The van der Waals surface area contributed by atoms with Crippen molar-refractivity contribution in [2.45, 2.75) is 0 Å². The lowest BCUT2D eigenvalue weighted by Crippen LogP contribution is -2.30. The molecule has 0 aliphatic heterocycles. The minimum atomic E-state index is -0.423. The van der Waals surface area contributed by atoms with E-state index < -0.39 is 6.09 Å². The first-order chi connectivity index (χ1) is 10.1. The number of ether oxygens (including phenoxy) is 1. The van der Waals surface area contributed by atoms with Gasteiger partial charge in [0.2, 0.25) is 0 Å². The number of aromatic nitrogens is 1. The molecule has 6 nitrogen and oxygen atoms in total. The molecule has 1 aromatic carbocycles. The molecular formula is C15H17N4O2+. The molecule has 1 amide bonds. The quantitative estimate of drug-likeness (QED) is 0.643. The van der Waals surface area contributed by atoms with Crippen molar-refractivity contribution in [2.24, 2.45) is 17.3 Å². The summed E-state index contributed by atoms with van der Waals surface area (Å²) in [4.78, 5) is 12.8. The Hall–Kier alpha value is -2.76. The van der Waals surface area contributed by atoms with Crippen LogP contribution in [0.1, 0.15) is 0 Å². The summed E-state index contributed by atoms with van der Waals surface area (Å²) in [6.07, 6.45) is 1.26. The molecule has 0 unspecified atom stereocenters. The van der Waals surface area contributed by atoms with Gasteiger partial charge in [-0.15, -0.1) is 0 Å². The van der Waals surface area contributed by atoms with Crippen LogP contribution in [0.25, 0.3) is 0 Å². The fraction of sp³-hybridized carbons (Fsp3) is 0.200. The molecule has 2 rings (SSSR count). The van der Waals surface area contributed by atoms with E-state index >= 15 is 0 Å². The third-order valence-electron chi connectivity index (χ3n) is 2.67. The maximum Gasteiger partial charge on any atom is 0.414 e. The van der Waals surface area contributed by atoms with E-state index in [9.17, 15) is 4.79 Å². The second-order valence-electron chi connectivity index (χ2n) is 4.63. The Bertz CT molecular complexity index is 654. The fourth-order valence-electron chi connectivity index (χ4n) is 1.53. The van der Waals surface area contributed by atoms with Crippen LogP contribution in [0, 0.1) is 0 Å². The number of rotatable bonds is 3. The predicted molar refractivity (Wildman–Crippen MR) is 77.9 cm³/mol. The Morgan fingerprint density at radius 2 is 1.81 bits per heavy atom. The number of hydrogen-bond acceptors (Lipinski definition) is 4. The van der Waals surface area contributed by atoms with E-state index in [1.165, 1.54) is 4.90 Å². The molecule has 21 heavy (non-hydrogen) atoms. The number of azo groups is 1. The highest BCUT2D eigenvalue weighted by molar-refractivity contribution is 5.69. The Balaban J connectivity index is 2.13. The monoisotopic (exact) mass is 285 g/mol. The van der Waals surface area contributed by atoms with Crippen molar-refractivity contribution in [1.82, 2.24) is 4.90 Å². The zero-order valence-electron chi connectivity index (χ0n) is 12.2. The Kier molecular flexibility index (Phi) is 4.61. The molecule has 0 saturated carbocycles. The number of hydrogen-bond donors (Lipinski definition) is 0. The summed E-state index contributed by atoms with van der Waals surface area (Å²) in [5, 5.41) is 8.31. The maximum absolute atomic E-state index is 11.5. The number of nitrogens with zero attached hydrogens (tertiary/aromatic N) is 4. The van der Waals surface area contributed by atoms with Crippen molar-refractivity contribution in [3.63, 3.8) is 0 Å². The minimum Gasteiger partial charge on any atom is -0.406 e. The molecule has 1 heterocycles. The van der Waals surface area contributed by atoms with Crippen molar-refractivity contribution in [2.75, 3.05) is 14.1 Å². The summed E-state index contributed by atoms with van der Waals surface area (Å²) in [7, 11) is 5.07. The predicted octanol–water partition coefficient (Wildman–Crippen LogP) is 2.99. The lowest BCUT2D eigenvalue weighted by Gasteiger charge is -2.09. The van der Waals surface area contributed by atoms with Gasteiger partial charge in [0, 0.05) is 20.2 Å². The second-order valence-corrected chi connectivity index (χ2v) is 4.63. The van der Waals surface area contributed by atoms with Crippen molar-refractivity contribution >= 4 is 17.6 Å². The summed E-state index contributed by atoms with van der Waals surface area (Å²) >= 11 is 0. The summed E-state index contributed by atoms with van der Waals surface area (Å²) in [5.41, 5.74) is 0.778. The molecule has 0 saturated heterocycles. The molecular weight excluding hydrogens is 268 g/mol. The van der Waals surface area contributed by atoms with Crippen LogP contribution in [0.2, 0.25) is 0 Å². The Labute approximate surface area is 123 Å². The van der Waals surface area contributed by atoms with Crippen LogP contribution in [-0.4, -0.2) is 25.1 Å². The van der Waals surface area contributed by atoms with Crippen LogP contribution in [0.3, 0.4) is 0 Å². The van der Waals surface area contributed by atoms with Crippen LogP contribution in [0.4, 0.5) is 16.3 Å². The Morgan fingerprint density at radius 1 is 1.10 bits per heavy atom. The van der Waals surface area contributed by atoms with Crippen molar-refractivity contribution in [3.8, 4) is 5.75 Å². The number of benzene rings is 1. The normalized spacial score (nSPS) is 10.6. The van der Waals surface area contributed by atoms with Gasteiger partial charge in [-0.3, -0.25) is 0 Å². The van der Waals surface area contributed by atoms with Gasteiger partial charge in [0.25, 0.3) is 0 Å². The van der Waals surface area contributed by atoms with E-state index in [2.05, 4.69) is 10.2 Å². The third-order valence-corrected chi connectivity index (χ3v) is 2.67. The van der Waals surface area contributed by atoms with E-state index in [1.54, 1.807) is 37.0 Å². The molecule has 0 aliphatic carbocycles. The van der Waals surface area contributed by atoms with Gasteiger partial charge in [-0.2, -0.15) is 0 Å². The highest BCUT2D eigenvalue weighted by Crippen LogP contribution is 2.17. The summed E-state index contributed by atoms with van der Waals surface area (Å²) < 4.78 is 6.91. The molecule has 2 aromatic rings. The molecule has 108 valence electrons. The number of amides is 1. The number of carbonyl (C=O) groups excluding carboxylic acids is 1. The highest BCUT2D eigenvalue weighted by Gasteiger charge is 2.12. The van der Waals surface area contributed by atoms with Crippen molar-refractivity contribution in [1.29, 1.82) is 0 Å². The largest absolute Gasteiger partial charge is 0.414 e. The SMILES string of the molecule is CN(C)C(=O)Oc1ccc(N=Nc2ccccc2)[n+](C)c1. The average molecular weight is 285 g/mol. The van der Waals surface area contributed by atoms with Crippen LogP contribution in [0.15, 0.2) is 58.9 Å². The molecule has 0 fully saturated rings. The van der Waals surface area contributed by atoms with Gasteiger partial charge in [-0.25, -0.2) is 9.36 Å². The zero-order chi connectivity index (χ0) is 15.2.